The first kappa shape index (κ1) is 12.1. The van der Waals surface area contributed by atoms with E-state index in [0.29, 0.717) is 12.5 Å². The summed E-state index contributed by atoms with van der Waals surface area (Å²) in [6.45, 7) is 7.13. The summed E-state index contributed by atoms with van der Waals surface area (Å²) in [7, 11) is 0. The van der Waals surface area contributed by atoms with Gasteiger partial charge in [0.25, 0.3) is 0 Å². The molecule has 0 radical (unpaired) electrons. The average molecular weight is 208 g/mol. The quantitative estimate of drug-likeness (QED) is 0.401. The van der Waals surface area contributed by atoms with Gasteiger partial charge in [0.15, 0.2) is 5.75 Å². The van der Waals surface area contributed by atoms with E-state index in [1.807, 2.05) is 12.1 Å². The van der Waals surface area contributed by atoms with Gasteiger partial charge in [-0.1, -0.05) is 39.3 Å². The maximum absolute atomic E-state index is 5.14. The molecular formula is C13H20O2. The highest BCUT2D eigenvalue weighted by Crippen LogP contribution is 2.18. The minimum Gasteiger partial charge on any atom is -0.338 e. The predicted octanol–water partition coefficient (Wildman–Crippen LogP) is 3.92. The maximum atomic E-state index is 5.14. The summed E-state index contributed by atoms with van der Waals surface area (Å²) in [6, 6.07) is 8.04. The Morgan fingerprint density at radius 3 is 2.33 bits per heavy atom. The molecule has 0 aliphatic carbocycles. The van der Waals surface area contributed by atoms with Crippen LogP contribution >= 0.6 is 0 Å². The molecule has 0 aliphatic heterocycles. The van der Waals surface area contributed by atoms with E-state index in [4.69, 9.17) is 9.78 Å². The lowest BCUT2D eigenvalue weighted by atomic mass is 10.0. The summed E-state index contributed by atoms with van der Waals surface area (Å²) in [5.74, 6) is 1.33. The van der Waals surface area contributed by atoms with Crippen LogP contribution in [0.3, 0.4) is 0 Å². The Morgan fingerprint density at radius 1 is 1.13 bits per heavy atom. The summed E-state index contributed by atoms with van der Waals surface area (Å²) < 4.78 is 0. The van der Waals surface area contributed by atoms with Gasteiger partial charge in [-0.2, -0.15) is 4.89 Å². The van der Waals surface area contributed by atoms with E-state index in [1.165, 1.54) is 5.56 Å². The molecule has 0 saturated carbocycles. The van der Waals surface area contributed by atoms with Crippen LogP contribution in [0.2, 0.25) is 0 Å². The molecule has 0 unspecified atom stereocenters. The number of rotatable bonds is 6. The van der Waals surface area contributed by atoms with Crippen LogP contribution in [0.1, 0.15) is 45.1 Å². The van der Waals surface area contributed by atoms with E-state index < -0.39 is 0 Å². The zero-order valence-electron chi connectivity index (χ0n) is 9.82. The summed E-state index contributed by atoms with van der Waals surface area (Å²) in [5, 5.41) is 0. The van der Waals surface area contributed by atoms with Crippen molar-refractivity contribution in [2.24, 2.45) is 0 Å². The molecule has 84 valence electrons. The van der Waals surface area contributed by atoms with E-state index in [9.17, 15) is 0 Å². The number of hydrogen-bond acceptors (Lipinski definition) is 2. The smallest absolute Gasteiger partial charge is 0.165 e. The third-order valence-corrected chi connectivity index (χ3v) is 2.28. The topological polar surface area (TPSA) is 18.5 Å². The van der Waals surface area contributed by atoms with E-state index in [-0.39, 0.29) is 0 Å². The maximum Gasteiger partial charge on any atom is 0.165 e. The van der Waals surface area contributed by atoms with Crippen molar-refractivity contribution in [1.29, 1.82) is 0 Å². The third-order valence-electron chi connectivity index (χ3n) is 2.28. The van der Waals surface area contributed by atoms with Crippen LogP contribution in [0.15, 0.2) is 24.3 Å². The number of benzene rings is 1. The summed E-state index contributed by atoms with van der Waals surface area (Å²) >= 11 is 0. The van der Waals surface area contributed by atoms with Gasteiger partial charge in [-0.25, -0.2) is 0 Å². The Morgan fingerprint density at radius 2 is 1.80 bits per heavy atom. The van der Waals surface area contributed by atoms with Gasteiger partial charge in [0.2, 0.25) is 0 Å². The monoisotopic (exact) mass is 208 g/mol. The predicted molar refractivity (Wildman–Crippen MR) is 62.0 cm³/mol. The van der Waals surface area contributed by atoms with Crippen LogP contribution in [0.5, 0.6) is 5.75 Å². The first-order chi connectivity index (χ1) is 7.24. The van der Waals surface area contributed by atoms with E-state index in [1.54, 1.807) is 0 Å². The average Bonchev–Trinajstić information content (AvgIpc) is 2.25. The van der Waals surface area contributed by atoms with E-state index in [2.05, 4.69) is 32.9 Å². The lowest BCUT2D eigenvalue weighted by Gasteiger charge is -2.07. The fraction of sp³-hybridized carbons (Fsp3) is 0.538. The highest BCUT2D eigenvalue weighted by molar-refractivity contribution is 5.28. The standard InChI is InChI=1S/C13H20O2/c1-4-5-10-14-15-13-8-6-12(7-9-13)11(2)3/h6-9,11H,4-5,10H2,1-3H3. The Labute approximate surface area is 92.1 Å². The minimum atomic E-state index is 0.556. The molecule has 0 fully saturated rings. The van der Waals surface area contributed by atoms with Gasteiger partial charge >= 0.3 is 0 Å². The molecule has 15 heavy (non-hydrogen) atoms. The van der Waals surface area contributed by atoms with E-state index in [0.717, 1.165) is 18.6 Å². The fourth-order valence-electron chi connectivity index (χ4n) is 1.22. The van der Waals surface area contributed by atoms with Crippen LogP contribution in [0, 0.1) is 0 Å². The van der Waals surface area contributed by atoms with Crippen molar-refractivity contribution in [3.8, 4) is 5.75 Å². The van der Waals surface area contributed by atoms with Crippen LogP contribution in [-0.2, 0) is 4.89 Å². The van der Waals surface area contributed by atoms with Crippen LogP contribution in [0.4, 0.5) is 0 Å². The van der Waals surface area contributed by atoms with Gasteiger partial charge in [0, 0.05) is 0 Å². The normalized spacial score (nSPS) is 10.7. The van der Waals surface area contributed by atoms with Gasteiger partial charge in [0.05, 0.1) is 6.61 Å². The third kappa shape index (κ3) is 4.34. The second-order valence-corrected chi connectivity index (χ2v) is 3.98. The molecule has 0 aromatic heterocycles. The first-order valence-electron chi connectivity index (χ1n) is 5.63. The molecule has 2 nitrogen and oxygen atoms in total. The Balaban J connectivity index is 2.36. The fourth-order valence-corrected chi connectivity index (χ4v) is 1.22. The summed E-state index contributed by atoms with van der Waals surface area (Å²) in [4.78, 5) is 10.2. The second-order valence-electron chi connectivity index (χ2n) is 3.98. The van der Waals surface area contributed by atoms with Crippen LogP contribution in [-0.4, -0.2) is 6.61 Å². The lowest BCUT2D eigenvalue weighted by molar-refractivity contribution is -0.207. The van der Waals surface area contributed by atoms with E-state index >= 15 is 0 Å². The highest BCUT2D eigenvalue weighted by atomic mass is 17.2. The van der Waals surface area contributed by atoms with Crippen molar-refractivity contribution < 1.29 is 9.78 Å². The number of hydrogen-bond donors (Lipinski definition) is 0. The highest BCUT2D eigenvalue weighted by Gasteiger charge is 1.99. The van der Waals surface area contributed by atoms with Crippen molar-refractivity contribution in [2.45, 2.75) is 39.5 Å². The molecule has 1 aromatic carbocycles. The molecule has 0 spiro atoms. The van der Waals surface area contributed by atoms with Crippen LogP contribution in [0.25, 0.3) is 0 Å². The molecule has 0 amide bonds. The molecule has 0 saturated heterocycles. The molecule has 0 heterocycles. The minimum absolute atomic E-state index is 0.556. The molecule has 0 aliphatic rings. The Kier molecular flexibility index (Phi) is 5.19. The number of unbranched alkanes of at least 4 members (excludes halogenated alkanes) is 1. The zero-order valence-corrected chi connectivity index (χ0v) is 9.82. The summed E-state index contributed by atoms with van der Waals surface area (Å²) in [6.07, 6.45) is 2.15. The van der Waals surface area contributed by atoms with Crippen molar-refractivity contribution in [3.05, 3.63) is 29.8 Å². The SMILES string of the molecule is CCCCOOc1ccc(C(C)C)cc1. The molecule has 0 bridgehead atoms. The molecule has 0 atom stereocenters. The Bertz CT molecular complexity index is 264. The Hall–Kier alpha value is -1.02. The van der Waals surface area contributed by atoms with Crippen molar-refractivity contribution >= 4 is 0 Å². The summed E-state index contributed by atoms with van der Waals surface area (Å²) in [5.41, 5.74) is 1.32. The van der Waals surface area contributed by atoms with Crippen molar-refractivity contribution in [2.75, 3.05) is 6.61 Å². The van der Waals surface area contributed by atoms with Gasteiger partial charge in [-0.3, -0.25) is 0 Å². The second kappa shape index (κ2) is 6.46. The van der Waals surface area contributed by atoms with Crippen LogP contribution < -0.4 is 4.89 Å². The van der Waals surface area contributed by atoms with Gasteiger partial charge in [-0.05, 0) is 30.0 Å². The zero-order chi connectivity index (χ0) is 11.1. The van der Waals surface area contributed by atoms with Crippen molar-refractivity contribution in [3.63, 3.8) is 0 Å². The van der Waals surface area contributed by atoms with Gasteiger partial charge in [0.1, 0.15) is 0 Å². The first-order valence-corrected chi connectivity index (χ1v) is 5.63. The van der Waals surface area contributed by atoms with Crippen molar-refractivity contribution in [1.82, 2.24) is 0 Å². The molecule has 0 N–H and O–H groups in total. The molecular weight excluding hydrogens is 188 g/mol. The molecule has 1 rings (SSSR count). The van der Waals surface area contributed by atoms with Gasteiger partial charge < -0.3 is 4.89 Å². The largest absolute Gasteiger partial charge is 0.338 e. The molecule has 1 aromatic rings. The lowest BCUT2D eigenvalue weighted by Crippen LogP contribution is -1.99. The molecule has 2 heteroatoms. The van der Waals surface area contributed by atoms with Gasteiger partial charge in [-0.15, -0.1) is 0 Å².